The lowest BCUT2D eigenvalue weighted by Gasteiger charge is -2.22. The lowest BCUT2D eigenvalue weighted by molar-refractivity contribution is 0.416. The van der Waals surface area contributed by atoms with Gasteiger partial charge in [0.25, 0.3) is 0 Å². The van der Waals surface area contributed by atoms with E-state index in [0.29, 0.717) is 0 Å². The Labute approximate surface area is 113 Å². The molecule has 4 heteroatoms. The fourth-order valence-corrected chi connectivity index (χ4v) is 2.74. The molecule has 1 aromatic carbocycles. The molecule has 100 valence electrons. The van der Waals surface area contributed by atoms with E-state index in [1.54, 1.807) is 13.3 Å². The highest BCUT2D eigenvalue weighted by Crippen LogP contribution is 2.38. The van der Waals surface area contributed by atoms with Crippen LogP contribution in [0.3, 0.4) is 0 Å². The van der Waals surface area contributed by atoms with Crippen molar-refractivity contribution >= 4 is 5.69 Å². The Morgan fingerprint density at radius 1 is 1.42 bits per heavy atom. The molecule has 3 rings (SSSR count). The molecule has 0 atom stereocenters. The second-order valence-electron chi connectivity index (χ2n) is 4.75. The van der Waals surface area contributed by atoms with Crippen LogP contribution in [0.25, 0.3) is 11.3 Å². The number of aryl methyl sites for hydroxylation is 2. The van der Waals surface area contributed by atoms with E-state index in [1.807, 2.05) is 4.68 Å². The molecule has 0 saturated heterocycles. The molecule has 0 fully saturated rings. The summed E-state index contributed by atoms with van der Waals surface area (Å²) in [6, 6.07) is 6.46. The van der Waals surface area contributed by atoms with Gasteiger partial charge in [0.15, 0.2) is 5.75 Å². The summed E-state index contributed by atoms with van der Waals surface area (Å²) in [5.41, 5.74) is 4.88. The van der Waals surface area contributed by atoms with E-state index in [0.717, 1.165) is 31.0 Å². The molecule has 1 N–H and O–H groups in total. The number of methoxy groups -OCH3 is 1. The summed E-state index contributed by atoms with van der Waals surface area (Å²) in [7, 11) is 1.70. The number of aromatic nitrogens is 2. The molecule has 0 radical (unpaired) electrons. The first kappa shape index (κ1) is 12.1. The number of benzene rings is 1. The van der Waals surface area contributed by atoms with E-state index in [1.165, 1.54) is 23.2 Å². The van der Waals surface area contributed by atoms with Gasteiger partial charge in [-0.05, 0) is 25.3 Å². The highest BCUT2D eigenvalue weighted by atomic mass is 16.5. The Morgan fingerprint density at radius 3 is 3.11 bits per heavy atom. The van der Waals surface area contributed by atoms with Crippen molar-refractivity contribution in [3.05, 3.63) is 30.0 Å². The fraction of sp³-hybridized carbons (Fsp3) is 0.400. The molecule has 0 unspecified atom stereocenters. The minimum absolute atomic E-state index is 0.836. The molecule has 0 bridgehead atoms. The SMILES string of the molecule is CCn1ncc(OC)c1-c1cccc2c1NCCC2. The van der Waals surface area contributed by atoms with E-state index in [4.69, 9.17) is 4.74 Å². The molecule has 1 aliphatic rings. The van der Waals surface area contributed by atoms with Crippen LogP contribution in [0.4, 0.5) is 5.69 Å². The molecular formula is C15H19N3O. The Balaban J connectivity index is 2.19. The fourth-order valence-electron chi connectivity index (χ4n) is 2.74. The lowest BCUT2D eigenvalue weighted by Crippen LogP contribution is -2.13. The van der Waals surface area contributed by atoms with Gasteiger partial charge >= 0.3 is 0 Å². The number of nitrogens with one attached hydrogen (secondary N) is 1. The van der Waals surface area contributed by atoms with Gasteiger partial charge in [-0.25, -0.2) is 0 Å². The summed E-state index contributed by atoms with van der Waals surface area (Å²) in [4.78, 5) is 0. The van der Waals surface area contributed by atoms with Crippen LogP contribution < -0.4 is 10.1 Å². The number of ether oxygens (including phenoxy) is 1. The molecule has 1 aromatic heterocycles. The molecule has 4 nitrogen and oxygen atoms in total. The maximum absolute atomic E-state index is 5.46. The summed E-state index contributed by atoms with van der Waals surface area (Å²) >= 11 is 0. The quantitative estimate of drug-likeness (QED) is 0.919. The molecule has 0 saturated carbocycles. The molecule has 0 amide bonds. The van der Waals surface area contributed by atoms with Crippen LogP contribution in [0, 0.1) is 0 Å². The Hall–Kier alpha value is -1.97. The van der Waals surface area contributed by atoms with Crippen molar-refractivity contribution in [3.63, 3.8) is 0 Å². The molecule has 19 heavy (non-hydrogen) atoms. The van der Waals surface area contributed by atoms with Gasteiger partial charge in [-0.1, -0.05) is 18.2 Å². The van der Waals surface area contributed by atoms with Crippen LogP contribution >= 0.6 is 0 Å². The van der Waals surface area contributed by atoms with Crippen molar-refractivity contribution in [1.29, 1.82) is 0 Å². The van der Waals surface area contributed by atoms with E-state index in [2.05, 4.69) is 35.5 Å². The average molecular weight is 257 g/mol. The number of fused-ring (bicyclic) bond motifs is 1. The number of anilines is 1. The summed E-state index contributed by atoms with van der Waals surface area (Å²) < 4.78 is 7.45. The highest BCUT2D eigenvalue weighted by molar-refractivity contribution is 5.82. The summed E-state index contributed by atoms with van der Waals surface area (Å²) in [5, 5.41) is 7.92. The van der Waals surface area contributed by atoms with Crippen molar-refractivity contribution < 1.29 is 4.74 Å². The van der Waals surface area contributed by atoms with Crippen molar-refractivity contribution in [3.8, 4) is 17.0 Å². The third-order valence-electron chi connectivity index (χ3n) is 3.66. The van der Waals surface area contributed by atoms with Crippen LogP contribution in [0.1, 0.15) is 18.9 Å². The van der Waals surface area contributed by atoms with Crippen LogP contribution in [-0.4, -0.2) is 23.4 Å². The van der Waals surface area contributed by atoms with Gasteiger partial charge in [0.05, 0.1) is 13.3 Å². The Morgan fingerprint density at radius 2 is 2.32 bits per heavy atom. The van der Waals surface area contributed by atoms with Crippen molar-refractivity contribution in [1.82, 2.24) is 9.78 Å². The highest BCUT2D eigenvalue weighted by Gasteiger charge is 2.19. The van der Waals surface area contributed by atoms with Gasteiger partial charge in [-0.2, -0.15) is 5.10 Å². The van der Waals surface area contributed by atoms with Gasteiger partial charge in [-0.15, -0.1) is 0 Å². The smallest absolute Gasteiger partial charge is 0.164 e. The van der Waals surface area contributed by atoms with E-state index >= 15 is 0 Å². The number of para-hydroxylation sites is 1. The average Bonchev–Trinajstić information content (AvgIpc) is 2.89. The Kier molecular flexibility index (Phi) is 3.15. The largest absolute Gasteiger partial charge is 0.493 e. The van der Waals surface area contributed by atoms with Gasteiger partial charge < -0.3 is 10.1 Å². The normalized spacial score (nSPS) is 13.8. The monoisotopic (exact) mass is 257 g/mol. The second kappa shape index (κ2) is 4.96. The van der Waals surface area contributed by atoms with E-state index < -0.39 is 0 Å². The minimum atomic E-state index is 0.836. The maximum atomic E-state index is 5.46. The van der Waals surface area contributed by atoms with Crippen LogP contribution in [0.2, 0.25) is 0 Å². The van der Waals surface area contributed by atoms with E-state index in [9.17, 15) is 0 Å². The molecule has 2 heterocycles. The number of nitrogens with zero attached hydrogens (tertiary/aromatic N) is 2. The predicted octanol–water partition coefficient (Wildman–Crippen LogP) is 2.94. The zero-order valence-corrected chi connectivity index (χ0v) is 11.4. The van der Waals surface area contributed by atoms with Gasteiger partial charge in [0, 0.05) is 24.3 Å². The topological polar surface area (TPSA) is 39.1 Å². The van der Waals surface area contributed by atoms with Crippen molar-refractivity contribution in [2.75, 3.05) is 19.0 Å². The van der Waals surface area contributed by atoms with Crippen LogP contribution in [-0.2, 0) is 13.0 Å². The second-order valence-corrected chi connectivity index (χ2v) is 4.75. The third-order valence-corrected chi connectivity index (χ3v) is 3.66. The van der Waals surface area contributed by atoms with E-state index in [-0.39, 0.29) is 0 Å². The van der Waals surface area contributed by atoms with Gasteiger partial charge in [0.1, 0.15) is 5.69 Å². The summed E-state index contributed by atoms with van der Waals surface area (Å²) in [5.74, 6) is 0.836. The first-order valence-electron chi connectivity index (χ1n) is 6.81. The number of hydrogen-bond acceptors (Lipinski definition) is 3. The molecule has 2 aromatic rings. The van der Waals surface area contributed by atoms with Crippen molar-refractivity contribution in [2.24, 2.45) is 0 Å². The lowest BCUT2D eigenvalue weighted by atomic mass is 9.97. The summed E-state index contributed by atoms with van der Waals surface area (Å²) in [6.07, 6.45) is 4.13. The maximum Gasteiger partial charge on any atom is 0.164 e. The molecule has 0 spiro atoms. The van der Waals surface area contributed by atoms with Crippen molar-refractivity contribution in [2.45, 2.75) is 26.3 Å². The number of hydrogen-bond donors (Lipinski definition) is 1. The zero-order valence-electron chi connectivity index (χ0n) is 11.4. The van der Waals surface area contributed by atoms with Gasteiger partial charge in [0.2, 0.25) is 0 Å². The Bertz CT molecular complexity index is 568. The molecular weight excluding hydrogens is 238 g/mol. The summed E-state index contributed by atoms with van der Waals surface area (Å²) in [6.45, 7) is 3.97. The standard InChI is InChI=1S/C15H19N3O/c1-3-18-15(13(19-2)10-17-18)12-8-4-6-11-7-5-9-16-14(11)12/h4,6,8,10,16H,3,5,7,9H2,1-2H3. The molecule has 1 aliphatic heterocycles. The predicted molar refractivity (Wildman–Crippen MR) is 76.7 cm³/mol. The minimum Gasteiger partial charge on any atom is -0.493 e. The first-order chi connectivity index (χ1) is 9.35. The van der Waals surface area contributed by atoms with Gasteiger partial charge in [-0.3, -0.25) is 4.68 Å². The van der Waals surface area contributed by atoms with Crippen LogP contribution in [0.5, 0.6) is 5.75 Å². The zero-order chi connectivity index (χ0) is 13.2. The van der Waals surface area contributed by atoms with Crippen LogP contribution in [0.15, 0.2) is 24.4 Å². The number of rotatable bonds is 3. The first-order valence-corrected chi connectivity index (χ1v) is 6.81. The third kappa shape index (κ3) is 1.97. The molecule has 0 aliphatic carbocycles.